The summed E-state index contributed by atoms with van der Waals surface area (Å²) in [5.74, 6) is -1.63. The third-order valence-electron chi connectivity index (χ3n) is 2.33. The van der Waals surface area contributed by atoms with E-state index in [1.54, 1.807) is 6.92 Å². The van der Waals surface area contributed by atoms with Crippen molar-refractivity contribution in [3.8, 4) is 11.5 Å². The number of benzene rings is 1. The molecule has 1 aromatic carbocycles. The van der Waals surface area contributed by atoms with Crippen molar-refractivity contribution in [3.05, 3.63) is 27.8 Å². The summed E-state index contributed by atoms with van der Waals surface area (Å²) in [6.45, 7) is 3.05. The predicted octanol–water partition coefficient (Wildman–Crippen LogP) is 1.66. The number of aliphatic carboxylic acids is 1. The Labute approximate surface area is 114 Å². The SMILES string of the molecule is CCOc1cc(C=O)cc([N+](=O)[O-])c1OC(C)C(=O)O. The standard InChI is InChI=1S/C12H13NO7/c1-3-19-10-5-8(6-14)4-9(13(17)18)11(10)20-7(2)12(15)16/h4-7H,3H2,1-2H3,(H,15,16). The highest BCUT2D eigenvalue weighted by Crippen LogP contribution is 2.38. The second-order valence-corrected chi connectivity index (χ2v) is 3.77. The van der Waals surface area contributed by atoms with E-state index in [0.717, 1.165) is 6.07 Å². The fourth-order valence-corrected chi connectivity index (χ4v) is 1.42. The topological polar surface area (TPSA) is 116 Å². The molecule has 0 saturated carbocycles. The van der Waals surface area contributed by atoms with Gasteiger partial charge in [0.2, 0.25) is 5.75 Å². The quantitative estimate of drug-likeness (QED) is 0.459. The van der Waals surface area contributed by atoms with Crippen molar-refractivity contribution in [2.45, 2.75) is 20.0 Å². The molecule has 1 rings (SSSR count). The number of carboxylic acids is 1. The number of aldehydes is 1. The number of hydrogen-bond acceptors (Lipinski definition) is 6. The van der Waals surface area contributed by atoms with Crippen LogP contribution in [0.25, 0.3) is 0 Å². The molecule has 0 amide bonds. The van der Waals surface area contributed by atoms with E-state index in [1.165, 1.54) is 13.0 Å². The van der Waals surface area contributed by atoms with E-state index < -0.39 is 22.7 Å². The van der Waals surface area contributed by atoms with Gasteiger partial charge in [-0.05, 0) is 19.9 Å². The highest BCUT2D eigenvalue weighted by atomic mass is 16.6. The van der Waals surface area contributed by atoms with Crippen molar-refractivity contribution >= 4 is 17.9 Å². The highest BCUT2D eigenvalue weighted by Gasteiger charge is 2.26. The fourth-order valence-electron chi connectivity index (χ4n) is 1.42. The van der Waals surface area contributed by atoms with Crippen molar-refractivity contribution in [3.63, 3.8) is 0 Å². The van der Waals surface area contributed by atoms with Gasteiger partial charge in [-0.15, -0.1) is 0 Å². The Morgan fingerprint density at radius 2 is 2.20 bits per heavy atom. The van der Waals surface area contributed by atoms with Gasteiger partial charge in [0.05, 0.1) is 11.5 Å². The third-order valence-corrected chi connectivity index (χ3v) is 2.33. The average Bonchev–Trinajstić information content (AvgIpc) is 2.39. The van der Waals surface area contributed by atoms with Gasteiger partial charge < -0.3 is 14.6 Å². The Morgan fingerprint density at radius 1 is 1.55 bits per heavy atom. The molecule has 0 radical (unpaired) electrons. The molecule has 0 fully saturated rings. The molecule has 8 heteroatoms. The molecule has 0 aliphatic carbocycles. The van der Waals surface area contributed by atoms with Crippen LogP contribution in [0.1, 0.15) is 24.2 Å². The molecule has 0 bridgehead atoms. The zero-order chi connectivity index (χ0) is 15.3. The number of carbonyl (C=O) groups is 2. The van der Waals surface area contributed by atoms with Gasteiger partial charge in [0.15, 0.2) is 11.9 Å². The molecule has 0 aliphatic heterocycles. The van der Waals surface area contributed by atoms with Crippen molar-refractivity contribution in [1.29, 1.82) is 0 Å². The zero-order valence-corrected chi connectivity index (χ0v) is 10.9. The smallest absolute Gasteiger partial charge is 0.344 e. The van der Waals surface area contributed by atoms with Crippen LogP contribution in [-0.4, -0.2) is 35.0 Å². The summed E-state index contributed by atoms with van der Waals surface area (Å²) in [6, 6.07) is 2.26. The summed E-state index contributed by atoms with van der Waals surface area (Å²) in [4.78, 5) is 31.8. The third kappa shape index (κ3) is 3.44. The van der Waals surface area contributed by atoms with Gasteiger partial charge in [0.25, 0.3) is 0 Å². The minimum Gasteiger partial charge on any atom is -0.490 e. The number of nitrogens with zero attached hydrogens (tertiary/aromatic N) is 1. The maximum absolute atomic E-state index is 11.0. The number of ether oxygens (including phenoxy) is 2. The van der Waals surface area contributed by atoms with Crippen molar-refractivity contribution in [1.82, 2.24) is 0 Å². The largest absolute Gasteiger partial charge is 0.490 e. The number of hydrogen-bond donors (Lipinski definition) is 1. The first-order valence-corrected chi connectivity index (χ1v) is 5.70. The van der Waals surface area contributed by atoms with Crippen LogP contribution in [0.4, 0.5) is 5.69 Å². The van der Waals surface area contributed by atoms with Crippen LogP contribution in [-0.2, 0) is 4.79 Å². The molecule has 108 valence electrons. The first kappa shape index (κ1) is 15.4. The first-order chi connectivity index (χ1) is 9.40. The second kappa shape index (κ2) is 6.50. The van der Waals surface area contributed by atoms with E-state index in [0.29, 0.717) is 6.29 Å². The molecule has 1 atom stereocenters. The van der Waals surface area contributed by atoms with Gasteiger partial charge in [-0.3, -0.25) is 14.9 Å². The van der Waals surface area contributed by atoms with Gasteiger partial charge in [-0.2, -0.15) is 0 Å². The molecule has 20 heavy (non-hydrogen) atoms. The van der Waals surface area contributed by atoms with Crippen molar-refractivity contribution in [2.75, 3.05) is 6.61 Å². The molecule has 8 nitrogen and oxygen atoms in total. The fraction of sp³-hybridized carbons (Fsp3) is 0.333. The minimum absolute atomic E-state index is 0.0375. The summed E-state index contributed by atoms with van der Waals surface area (Å²) in [5, 5.41) is 19.8. The van der Waals surface area contributed by atoms with Crippen LogP contribution < -0.4 is 9.47 Å². The van der Waals surface area contributed by atoms with Gasteiger partial charge >= 0.3 is 11.7 Å². The summed E-state index contributed by atoms with van der Waals surface area (Å²) in [6.07, 6.45) is -0.866. The second-order valence-electron chi connectivity index (χ2n) is 3.77. The van der Waals surface area contributed by atoms with E-state index in [1.807, 2.05) is 0 Å². The molecule has 1 N–H and O–H groups in total. The monoisotopic (exact) mass is 283 g/mol. The van der Waals surface area contributed by atoms with Crippen LogP contribution in [0.15, 0.2) is 12.1 Å². The van der Waals surface area contributed by atoms with Crippen molar-refractivity contribution < 1.29 is 29.1 Å². The van der Waals surface area contributed by atoms with Gasteiger partial charge in [-0.25, -0.2) is 4.79 Å². The lowest BCUT2D eigenvalue weighted by atomic mass is 10.2. The van der Waals surface area contributed by atoms with Gasteiger partial charge in [0, 0.05) is 11.6 Å². The molecule has 1 aromatic rings. The summed E-state index contributed by atoms with van der Waals surface area (Å²) >= 11 is 0. The number of nitro benzene ring substituents is 1. The van der Waals surface area contributed by atoms with Gasteiger partial charge in [0.1, 0.15) is 6.29 Å². The van der Waals surface area contributed by atoms with Crippen LogP contribution in [0.3, 0.4) is 0 Å². The maximum Gasteiger partial charge on any atom is 0.344 e. The van der Waals surface area contributed by atoms with Gasteiger partial charge in [-0.1, -0.05) is 0 Å². The normalized spacial score (nSPS) is 11.5. The maximum atomic E-state index is 11.0. The Hall–Kier alpha value is -2.64. The Balaban J connectivity index is 3.38. The van der Waals surface area contributed by atoms with Crippen LogP contribution in [0.5, 0.6) is 11.5 Å². The first-order valence-electron chi connectivity index (χ1n) is 5.70. The van der Waals surface area contributed by atoms with Crippen LogP contribution >= 0.6 is 0 Å². The highest BCUT2D eigenvalue weighted by molar-refractivity contribution is 5.80. The summed E-state index contributed by atoms with van der Waals surface area (Å²) in [7, 11) is 0. The minimum atomic E-state index is -1.30. The zero-order valence-electron chi connectivity index (χ0n) is 10.9. The molecule has 0 spiro atoms. The molecule has 0 aliphatic rings. The Kier molecular flexibility index (Phi) is 5.01. The number of carbonyl (C=O) groups excluding carboxylic acids is 1. The van der Waals surface area contributed by atoms with E-state index in [9.17, 15) is 19.7 Å². The lowest BCUT2D eigenvalue weighted by molar-refractivity contribution is -0.386. The van der Waals surface area contributed by atoms with Crippen LogP contribution in [0, 0.1) is 10.1 Å². The number of carboxylic acid groups (broad SMARTS) is 1. The number of rotatable bonds is 7. The molecule has 0 saturated heterocycles. The predicted molar refractivity (Wildman–Crippen MR) is 67.4 cm³/mol. The van der Waals surface area contributed by atoms with E-state index in [-0.39, 0.29) is 23.7 Å². The van der Waals surface area contributed by atoms with E-state index in [4.69, 9.17) is 14.6 Å². The summed E-state index contributed by atoms with van der Waals surface area (Å²) in [5.41, 5.74) is -0.485. The number of nitro groups is 1. The molecule has 1 unspecified atom stereocenters. The van der Waals surface area contributed by atoms with E-state index >= 15 is 0 Å². The lowest BCUT2D eigenvalue weighted by Crippen LogP contribution is -2.23. The van der Waals surface area contributed by atoms with Crippen molar-refractivity contribution in [2.24, 2.45) is 0 Å². The Morgan fingerprint density at radius 3 is 2.65 bits per heavy atom. The summed E-state index contributed by atoms with van der Waals surface area (Å²) < 4.78 is 10.2. The molecule has 0 heterocycles. The average molecular weight is 283 g/mol. The molecule has 0 aromatic heterocycles. The molecular weight excluding hydrogens is 270 g/mol. The van der Waals surface area contributed by atoms with Crippen LogP contribution in [0.2, 0.25) is 0 Å². The van der Waals surface area contributed by atoms with E-state index in [2.05, 4.69) is 0 Å². The Bertz CT molecular complexity index is 541. The lowest BCUT2D eigenvalue weighted by Gasteiger charge is -2.15. The molecular formula is C12H13NO7.